The summed E-state index contributed by atoms with van der Waals surface area (Å²) in [5.41, 5.74) is 1.46. The van der Waals surface area contributed by atoms with E-state index in [1.807, 2.05) is 11.3 Å². The lowest BCUT2D eigenvalue weighted by molar-refractivity contribution is 0.331. The van der Waals surface area contributed by atoms with Crippen molar-refractivity contribution in [1.29, 1.82) is 0 Å². The molecule has 0 bridgehead atoms. The van der Waals surface area contributed by atoms with Crippen LogP contribution in [0.4, 0.5) is 5.82 Å². The van der Waals surface area contributed by atoms with Crippen LogP contribution in [0.1, 0.15) is 36.1 Å². The number of hydrogen-bond acceptors (Lipinski definition) is 6. The highest BCUT2D eigenvalue weighted by molar-refractivity contribution is 7.18. The maximum Gasteiger partial charge on any atom is 0.138 e. The van der Waals surface area contributed by atoms with Gasteiger partial charge < -0.3 is 15.5 Å². The molecule has 0 unspecified atom stereocenters. The lowest BCUT2D eigenvalue weighted by Crippen LogP contribution is -2.22. The van der Waals surface area contributed by atoms with Crippen LogP contribution in [0.5, 0.6) is 0 Å². The Morgan fingerprint density at radius 1 is 1.22 bits per heavy atom. The molecule has 0 radical (unpaired) electrons. The van der Waals surface area contributed by atoms with Crippen molar-refractivity contribution < 1.29 is 0 Å². The average Bonchev–Trinajstić information content (AvgIpc) is 3.21. The fourth-order valence-corrected chi connectivity index (χ4v) is 4.82. The molecule has 0 amide bonds. The Morgan fingerprint density at radius 3 is 3.04 bits per heavy atom. The Morgan fingerprint density at radius 2 is 2.13 bits per heavy atom. The Hall–Kier alpha value is -1.24. The Kier molecular flexibility index (Phi) is 4.73. The summed E-state index contributed by atoms with van der Waals surface area (Å²) < 4.78 is 0. The first-order valence-electron chi connectivity index (χ1n) is 8.84. The lowest BCUT2D eigenvalue weighted by atomic mass is 10.1. The van der Waals surface area contributed by atoms with E-state index >= 15 is 0 Å². The van der Waals surface area contributed by atoms with Crippen LogP contribution in [0, 0.1) is 0 Å². The van der Waals surface area contributed by atoms with Crippen LogP contribution < -0.4 is 10.6 Å². The van der Waals surface area contributed by atoms with Gasteiger partial charge in [-0.05, 0) is 63.8 Å². The SMILES string of the molecule is c1nc(NCCCCN2CCCC2)c2c3c(sc2n1)CNCC3. The van der Waals surface area contributed by atoms with Crippen molar-refractivity contribution in [3.8, 4) is 0 Å². The summed E-state index contributed by atoms with van der Waals surface area (Å²) in [6, 6.07) is 0. The smallest absolute Gasteiger partial charge is 0.138 e. The van der Waals surface area contributed by atoms with E-state index in [9.17, 15) is 0 Å². The number of unbranched alkanes of at least 4 members (excludes halogenated alkanes) is 1. The van der Waals surface area contributed by atoms with Crippen LogP contribution >= 0.6 is 11.3 Å². The van der Waals surface area contributed by atoms with E-state index in [1.165, 1.54) is 61.1 Å². The molecule has 0 aromatic carbocycles. The van der Waals surface area contributed by atoms with Crippen molar-refractivity contribution in [3.63, 3.8) is 0 Å². The zero-order valence-corrected chi connectivity index (χ0v) is 14.4. The van der Waals surface area contributed by atoms with Gasteiger partial charge in [-0.1, -0.05) is 0 Å². The molecule has 23 heavy (non-hydrogen) atoms. The Labute approximate surface area is 141 Å². The topological polar surface area (TPSA) is 53.1 Å². The van der Waals surface area contributed by atoms with Crippen molar-refractivity contribution >= 4 is 27.4 Å². The molecule has 5 nitrogen and oxygen atoms in total. The summed E-state index contributed by atoms with van der Waals surface area (Å²) in [4.78, 5) is 14.1. The van der Waals surface area contributed by atoms with E-state index in [0.29, 0.717) is 0 Å². The van der Waals surface area contributed by atoms with Crippen LogP contribution in [0.2, 0.25) is 0 Å². The summed E-state index contributed by atoms with van der Waals surface area (Å²) in [6.07, 6.45) is 8.03. The molecular weight excluding hydrogens is 306 g/mol. The number of fused-ring (bicyclic) bond motifs is 3. The van der Waals surface area contributed by atoms with Crippen LogP contribution in [-0.2, 0) is 13.0 Å². The largest absolute Gasteiger partial charge is 0.369 e. The van der Waals surface area contributed by atoms with E-state index in [4.69, 9.17) is 0 Å². The van der Waals surface area contributed by atoms with Crippen LogP contribution in [0.15, 0.2) is 6.33 Å². The maximum absolute atomic E-state index is 4.52. The third kappa shape index (κ3) is 3.34. The molecule has 0 aliphatic carbocycles. The second kappa shape index (κ2) is 7.11. The second-order valence-electron chi connectivity index (χ2n) is 6.52. The van der Waals surface area contributed by atoms with Gasteiger partial charge in [0.1, 0.15) is 17.0 Å². The fourth-order valence-electron chi connectivity index (χ4n) is 3.67. The zero-order chi connectivity index (χ0) is 15.5. The molecule has 2 aromatic rings. The first-order chi connectivity index (χ1) is 11.4. The molecule has 2 aromatic heterocycles. The Bertz CT molecular complexity index is 662. The number of likely N-dealkylation sites (tertiary alicyclic amines) is 1. The molecule has 124 valence electrons. The van der Waals surface area contributed by atoms with Gasteiger partial charge in [0.25, 0.3) is 0 Å². The Balaban J connectivity index is 1.37. The van der Waals surface area contributed by atoms with Gasteiger partial charge in [0.15, 0.2) is 0 Å². The van der Waals surface area contributed by atoms with E-state index in [1.54, 1.807) is 6.33 Å². The molecule has 2 aliphatic rings. The normalized spacial score (nSPS) is 18.4. The molecule has 0 atom stereocenters. The van der Waals surface area contributed by atoms with E-state index in [-0.39, 0.29) is 0 Å². The van der Waals surface area contributed by atoms with Crippen molar-refractivity contribution in [2.75, 3.05) is 38.0 Å². The van der Waals surface area contributed by atoms with Crippen LogP contribution in [-0.4, -0.2) is 47.6 Å². The summed E-state index contributed by atoms with van der Waals surface area (Å²) in [7, 11) is 0. The lowest BCUT2D eigenvalue weighted by Gasteiger charge is -2.15. The molecule has 1 fully saturated rings. The van der Waals surface area contributed by atoms with E-state index in [0.717, 1.165) is 36.7 Å². The molecule has 4 heterocycles. The first kappa shape index (κ1) is 15.3. The maximum atomic E-state index is 4.52. The first-order valence-corrected chi connectivity index (χ1v) is 9.65. The van der Waals surface area contributed by atoms with Crippen molar-refractivity contribution in [2.45, 2.75) is 38.6 Å². The molecule has 1 saturated heterocycles. The highest BCUT2D eigenvalue weighted by Crippen LogP contribution is 2.35. The van der Waals surface area contributed by atoms with E-state index in [2.05, 4.69) is 25.5 Å². The number of thiophene rings is 1. The highest BCUT2D eigenvalue weighted by Gasteiger charge is 2.19. The molecule has 4 rings (SSSR count). The highest BCUT2D eigenvalue weighted by atomic mass is 32.1. The molecule has 0 saturated carbocycles. The quantitative estimate of drug-likeness (QED) is 0.797. The summed E-state index contributed by atoms with van der Waals surface area (Å²) in [5, 5.41) is 8.28. The van der Waals surface area contributed by atoms with Gasteiger partial charge in [0.2, 0.25) is 0 Å². The average molecular weight is 331 g/mol. The third-order valence-corrected chi connectivity index (χ3v) is 6.04. The van der Waals surface area contributed by atoms with Crippen molar-refractivity contribution in [3.05, 3.63) is 16.8 Å². The van der Waals surface area contributed by atoms with E-state index < -0.39 is 0 Å². The van der Waals surface area contributed by atoms with Gasteiger partial charge in [0.05, 0.1) is 5.39 Å². The monoisotopic (exact) mass is 331 g/mol. The minimum atomic E-state index is 0.978. The van der Waals surface area contributed by atoms with Crippen LogP contribution in [0.3, 0.4) is 0 Å². The number of rotatable bonds is 6. The van der Waals surface area contributed by atoms with Gasteiger partial charge in [-0.25, -0.2) is 9.97 Å². The summed E-state index contributed by atoms with van der Waals surface area (Å²) in [5.74, 6) is 1.04. The van der Waals surface area contributed by atoms with Crippen LogP contribution in [0.25, 0.3) is 10.2 Å². The number of aromatic nitrogens is 2. The van der Waals surface area contributed by atoms with Crippen molar-refractivity contribution in [1.82, 2.24) is 20.2 Å². The number of nitrogens with zero attached hydrogens (tertiary/aromatic N) is 3. The molecule has 2 aliphatic heterocycles. The van der Waals surface area contributed by atoms with Crippen molar-refractivity contribution in [2.24, 2.45) is 0 Å². The predicted molar refractivity (Wildman–Crippen MR) is 96.2 cm³/mol. The van der Waals surface area contributed by atoms with Gasteiger partial charge >= 0.3 is 0 Å². The number of hydrogen-bond donors (Lipinski definition) is 2. The van der Waals surface area contributed by atoms with Gasteiger partial charge in [-0.2, -0.15) is 0 Å². The molecular formula is C17H25N5S. The molecule has 0 spiro atoms. The second-order valence-corrected chi connectivity index (χ2v) is 7.60. The zero-order valence-electron chi connectivity index (χ0n) is 13.6. The molecule has 2 N–H and O–H groups in total. The number of nitrogens with one attached hydrogen (secondary N) is 2. The van der Waals surface area contributed by atoms with Gasteiger partial charge in [0, 0.05) is 18.0 Å². The number of anilines is 1. The summed E-state index contributed by atoms with van der Waals surface area (Å²) in [6.45, 7) is 6.89. The minimum absolute atomic E-state index is 0.978. The minimum Gasteiger partial charge on any atom is -0.369 e. The van der Waals surface area contributed by atoms with Gasteiger partial charge in [-0.3, -0.25) is 0 Å². The summed E-state index contributed by atoms with van der Waals surface area (Å²) >= 11 is 1.81. The predicted octanol–water partition coefficient (Wildman–Crippen LogP) is 2.62. The van der Waals surface area contributed by atoms with Gasteiger partial charge in [-0.15, -0.1) is 11.3 Å². The standard InChI is InChI=1S/C17H25N5S/c1(2-8-22-9-3-4-10-22)6-19-16-15-13-5-7-18-11-14(13)23-17(15)21-12-20-16/h12,18H,1-11H2,(H,19,20,21). The fraction of sp³-hybridized carbons (Fsp3) is 0.647. The third-order valence-electron chi connectivity index (χ3n) is 4.90. The molecule has 6 heteroatoms.